The first kappa shape index (κ1) is 27.0. The zero-order valence-corrected chi connectivity index (χ0v) is 20.4. The summed E-state index contributed by atoms with van der Waals surface area (Å²) in [6.07, 6.45) is 2.91. The molecule has 6 heteroatoms. The fourth-order valence-electron chi connectivity index (χ4n) is 3.63. The van der Waals surface area contributed by atoms with Gasteiger partial charge in [-0.25, -0.2) is 4.79 Å². The molecular weight excluding hydrogens is 394 g/mol. The number of anilines is 1. The van der Waals surface area contributed by atoms with Crippen molar-refractivity contribution in [3.8, 4) is 5.75 Å². The van der Waals surface area contributed by atoms with Crippen LogP contribution in [0, 0.1) is 11.8 Å². The highest BCUT2D eigenvalue weighted by molar-refractivity contribution is 5.99. The van der Waals surface area contributed by atoms with Crippen LogP contribution >= 0.6 is 0 Å². The molecule has 0 spiro atoms. The van der Waals surface area contributed by atoms with E-state index >= 15 is 0 Å². The summed E-state index contributed by atoms with van der Waals surface area (Å²) in [5.41, 5.74) is -0.0883. The molecule has 0 saturated carbocycles. The summed E-state index contributed by atoms with van der Waals surface area (Å²) in [5.74, 6) is 0.390. The fourth-order valence-corrected chi connectivity index (χ4v) is 3.63. The van der Waals surface area contributed by atoms with E-state index in [1.165, 1.54) is 0 Å². The number of carbonyl (C=O) groups excluding carboxylic acids is 2. The lowest BCUT2D eigenvalue weighted by Gasteiger charge is -2.35. The SMILES string of the molecule is CCCOc1ccc(NC(=O)C(CC(C)C)(CC(C)C)OCCC)cc1C(=O)OCC. The molecule has 0 aliphatic heterocycles. The number of nitrogens with one attached hydrogen (secondary N) is 1. The number of esters is 1. The molecule has 0 saturated heterocycles. The van der Waals surface area contributed by atoms with Crippen LogP contribution in [0.5, 0.6) is 5.75 Å². The molecule has 1 amide bonds. The second kappa shape index (κ2) is 13.4. The molecule has 0 unspecified atom stereocenters. The van der Waals surface area contributed by atoms with Crippen molar-refractivity contribution in [1.82, 2.24) is 0 Å². The molecule has 0 aromatic heterocycles. The Kier molecular flexibility index (Phi) is 11.6. The van der Waals surface area contributed by atoms with Crippen LogP contribution in [0.25, 0.3) is 0 Å². The summed E-state index contributed by atoms with van der Waals surface area (Å²) in [7, 11) is 0. The van der Waals surface area contributed by atoms with Gasteiger partial charge in [0.25, 0.3) is 5.91 Å². The van der Waals surface area contributed by atoms with Gasteiger partial charge in [0.15, 0.2) is 0 Å². The van der Waals surface area contributed by atoms with Crippen LogP contribution in [0.4, 0.5) is 5.69 Å². The zero-order chi connectivity index (χ0) is 23.4. The van der Waals surface area contributed by atoms with E-state index in [-0.39, 0.29) is 12.5 Å². The van der Waals surface area contributed by atoms with Crippen LogP contribution in [0.1, 0.15) is 84.5 Å². The van der Waals surface area contributed by atoms with Crippen molar-refractivity contribution in [2.75, 3.05) is 25.1 Å². The van der Waals surface area contributed by atoms with E-state index in [2.05, 4.69) is 33.0 Å². The Bertz CT molecular complexity index is 689. The predicted octanol–water partition coefficient (Wildman–Crippen LogP) is 5.85. The maximum atomic E-state index is 13.5. The molecular formula is C25H41NO5. The van der Waals surface area contributed by atoms with Gasteiger partial charge >= 0.3 is 5.97 Å². The normalized spacial score (nSPS) is 11.6. The Labute approximate surface area is 188 Å². The van der Waals surface area contributed by atoms with Crippen molar-refractivity contribution in [2.24, 2.45) is 11.8 Å². The summed E-state index contributed by atoms with van der Waals surface area (Å²) in [6, 6.07) is 5.08. The average molecular weight is 436 g/mol. The van der Waals surface area contributed by atoms with Crippen molar-refractivity contribution in [3.63, 3.8) is 0 Å². The average Bonchev–Trinajstić information content (AvgIpc) is 2.70. The molecule has 6 nitrogen and oxygen atoms in total. The van der Waals surface area contributed by atoms with Gasteiger partial charge < -0.3 is 19.5 Å². The van der Waals surface area contributed by atoms with Gasteiger partial charge in [-0.1, -0.05) is 41.5 Å². The van der Waals surface area contributed by atoms with Gasteiger partial charge in [-0.05, 0) is 62.6 Å². The number of benzene rings is 1. The second-order valence-electron chi connectivity index (χ2n) is 8.77. The maximum Gasteiger partial charge on any atom is 0.341 e. The lowest BCUT2D eigenvalue weighted by molar-refractivity contribution is -0.147. The largest absolute Gasteiger partial charge is 0.493 e. The van der Waals surface area contributed by atoms with Gasteiger partial charge in [0.05, 0.1) is 13.2 Å². The summed E-state index contributed by atoms with van der Waals surface area (Å²) >= 11 is 0. The first-order valence-electron chi connectivity index (χ1n) is 11.6. The Morgan fingerprint density at radius 1 is 0.968 bits per heavy atom. The minimum atomic E-state index is -0.917. The fraction of sp³-hybridized carbons (Fsp3) is 0.680. The van der Waals surface area contributed by atoms with Crippen LogP contribution in [0.3, 0.4) is 0 Å². The maximum absolute atomic E-state index is 13.5. The Balaban J connectivity index is 3.25. The molecule has 0 atom stereocenters. The number of hydrogen-bond acceptors (Lipinski definition) is 5. The minimum absolute atomic E-state index is 0.180. The quantitative estimate of drug-likeness (QED) is 0.371. The monoisotopic (exact) mass is 435 g/mol. The molecule has 0 aliphatic carbocycles. The van der Waals surface area contributed by atoms with E-state index < -0.39 is 11.6 Å². The minimum Gasteiger partial charge on any atom is -0.493 e. The van der Waals surface area contributed by atoms with E-state index in [9.17, 15) is 9.59 Å². The van der Waals surface area contributed by atoms with E-state index in [4.69, 9.17) is 14.2 Å². The highest BCUT2D eigenvalue weighted by Crippen LogP contribution is 2.32. The number of hydrogen-bond donors (Lipinski definition) is 1. The first-order valence-corrected chi connectivity index (χ1v) is 11.6. The summed E-state index contributed by atoms with van der Waals surface area (Å²) in [4.78, 5) is 25.9. The van der Waals surface area contributed by atoms with Crippen molar-refractivity contribution >= 4 is 17.6 Å². The third-order valence-corrected chi connectivity index (χ3v) is 4.67. The van der Waals surface area contributed by atoms with Crippen LogP contribution in [0.15, 0.2) is 18.2 Å². The van der Waals surface area contributed by atoms with E-state index in [0.717, 1.165) is 12.8 Å². The third kappa shape index (κ3) is 8.52. The highest BCUT2D eigenvalue weighted by atomic mass is 16.5. The highest BCUT2D eigenvalue weighted by Gasteiger charge is 2.40. The molecule has 1 aromatic carbocycles. The van der Waals surface area contributed by atoms with Gasteiger partial charge in [0, 0.05) is 12.3 Å². The number of amides is 1. The van der Waals surface area contributed by atoms with Crippen molar-refractivity contribution in [1.29, 1.82) is 0 Å². The van der Waals surface area contributed by atoms with Crippen LogP contribution in [0.2, 0.25) is 0 Å². The molecule has 0 bridgehead atoms. The van der Waals surface area contributed by atoms with E-state index in [0.29, 0.717) is 54.9 Å². The van der Waals surface area contributed by atoms with Crippen LogP contribution in [-0.2, 0) is 14.3 Å². The number of carbonyl (C=O) groups is 2. The molecule has 0 radical (unpaired) electrons. The first-order chi connectivity index (χ1) is 14.7. The van der Waals surface area contributed by atoms with Gasteiger partial charge in [-0.15, -0.1) is 0 Å². The van der Waals surface area contributed by atoms with Crippen molar-refractivity contribution in [2.45, 2.75) is 79.8 Å². The Morgan fingerprint density at radius 2 is 1.58 bits per heavy atom. The molecule has 0 heterocycles. The lowest BCUT2D eigenvalue weighted by atomic mass is 9.83. The van der Waals surface area contributed by atoms with Gasteiger partial charge in [0.1, 0.15) is 16.9 Å². The third-order valence-electron chi connectivity index (χ3n) is 4.67. The summed E-state index contributed by atoms with van der Waals surface area (Å²) < 4.78 is 17.1. The molecule has 1 N–H and O–H groups in total. The molecule has 0 aliphatic rings. The topological polar surface area (TPSA) is 73.9 Å². The van der Waals surface area contributed by atoms with Gasteiger partial charge in [-0.2, -0.15) is 0 Å². The Morgan fingerprint density at radius 3 is 2.10 bits per heavy atom. The Hall–Kier alpha value is -2.08. The lowest BCUT2D eigenvalue weighted by Crippen LogP contribution is -2.48. The summed E-state index contributed by atoms with van der Waals surface area (Å²) in [6.45, 7) is 15.4. The van der Waals surface area contributed by atoms with Crippen LogP contribution < -0.4 is 10.1 Å². The standard InChI is InChI=1S/C25H41NO5/c1-8-13-30-22-12-11-20(15-21(22)23(27)29-10-3)26-24(28)25(16-18(4)5,17-19(6)7)31-14-9-2/h11-12,15,18-19H,8-10,13-14,16-17H2,1-7H3,(H,26,28). The zero-order valence-electron chi connectivity index (χ0n) is 20.4. The number of rotatable bonds is 14. The second-order valence-corrected chi connectivity index (χ2v) is 8.77. The van der Waals surface area contributed by atoms with E-state index in [1.54, 1.807) is 25.1 Å². The molecule has 1 aromatic rings. The molecule has 0 fully saturated rings. The van der Waals surface area contributed by atoms with Gasteiger partial charge in [-0.3, -0.25) is 4.79 Å². The molecule has 1 rings (SSSR count). The van der Waals surface area contributed by atoms with Crippen LogP contribution in [-0.4, -0.2) is 37.3 Å². The number of ether oxygens (including phenoxy) is 3. The van der Waals surface area contributed by atoms with Crippen molar-refractivity contribution in [3.05, 3.63) is 23.8 Å². The predicted molar refractivity (Wildman–Crippen MR) is 125 cm³/mol. The molecule has 176 valence electrons. The van der Waals surface area contributed by atoms with Crippen molar-refractivity contribution < 1.29 is 23.8 Å². The smallest absolute Gasteiger partial charge is 0.341 e. The molecule has 31 heavy (non-hydrogen) atoms. The van der Waals surface area contributed by atoms with Gasteiger partial charge in [0.2, 0.25) is 0 Å². The van der Waals surface area contributed by atoms with E-state index in [1.807, 2.05) is 13.8 Å². The summed E-state index contributed by atoms with van der Waals surface area (Å²) in [5, 5.41) is 3.00.